The summed E-state index contributed by atoms with van der Waals surface area (Å²) >= 11 is 4.95. The molecule has 2 N–H and O–H groups in total. The Kier molecular flexibility index (Phi) is 4.33. The van der Waals surface area contributed by atoms with Crippen molar-refractivity contribution in [1.29, 1.82) is 0 Å². The summed E-state index contributed by atoms with van der Waals surface area (Å²) in [5, 5.41) is 3.93. The molecule has 0 saturated heterocycles. The van der Waals surface area contributed by atoms with Gasteiger partial charge in [-0.05, 0) is 54.0 Å². The topological polar surface area (TPSA) is 70.5 Å². The smallest absolute Gasteiger partial charge is 0.314 e. The van der Waals surface area contributed by atoms with Gasteiger partial charge in [-0.1, -0.05) is 48.5 Å². The third-order valence-electron chi connectivity index (χ3n) is 4.97. The second-order valence-corrected chi connectivity index (χ2v) is 7.36. The van der Waals surface area contributed by atoms with Gasteiger partial charge in [0.15, 0.2) is 5.82 Å². The fraction of sp³-hybridized carbons (Fsp3) is 0.0870. The standard InChI is InChI=1S/C23H18N4OS/c1-14-10-11-17-18(21(25-20(17)12-14)15-6-3-2-4-7-15)13-16-8-5-9-19(24-16)22-26-23(29)28-27-22/h2-12,25H,13H2,1H3,(H,26,27,29). The summed E-state index contributed by atoms with van der Waals surface area (Å²) in [5.41, 5.74) is 7.53. The number of nitrogens with zero attached hydrogens (tertiary/aromatic N) is 2. The van der Waals surface area contributed by atoms with Crippen LogP contribution in [0.3, 0.4) is 0 Å². The summed E-state index contributed by atoms with van der Waals surface area (Å²) in [4.78, 5) is 12.7. The molecular weight excluding hydrogens is 380 g/mol. The number of fused-ring (bicyclic) bond motifs is 1. The highest BCUT2D eigenvalue weighted by Crippen LogP contribution is 2.32. The predicted molar refractivity (Wildman–Crippen MR) is 116 cm³/mol. The SMILES string of the molecule is Cc1ccc2c(Cc3cccc(-c4nc(=S)o[nH]4)n3)c(-c3ccccc3)[nH]c2c1. The lowest BCUT2D eigenvalue weighted by Crippen LogP contribution is -1.96. The first-order valence-electron chi connectivity index (χ1n) is 9.36. The van der Waals surface area contributed by atoms with Crippen molar-refractivity contribution in [3.63, 3.8) is 0 Å². The maximum absolute atomic E-state index is 5.04. The molecule has 0 radical (unpaired) electrons. The van der Waals surface area contributed by atoms with Crippen molar-refractivity contribution in [2.45, 2.75) is 13.3 Å². The number of pyridine rings is 1. The first-order valence-corrected chi connectivity index (χ1v) is 9.76. The number of aryl methyl sites for hydroxylation is 1. The summed E-state index contributed by atoms with van der Waals surface area (Å²) in [5.74, 6) is 0.537. The van der Waals surface area contributed by atoms with E-state index < -0.39 is 0 Å². The van der Waals surface area contributed by atoms with E-state index in [0.29, 0.717) is 17.9 Å². The molecule has 0 amide bonds. The third-order valence-corrected chi connectivity index (χ3v) is 5.14. The third kappa shape index (κ3) is 3.39. The summed E-state index contributed by atoms with van der Waals surface area (Å²) in [6.45, 7) is 2.11. The lowest BCUT2D eigenvalue weighted by Gasteiger charge is -2.06. The van der Waals surface area contributed by atoms with Crippen LogP contribution in [0.2, 0.25) is 0 Å². The number of aromatic nitrogens is 4. The van der Waals surface area contributed by atoms with Gasteiger partial charge < -0.3 is 9.51 Å². The molecule has 2 aromatic carbocycles. The number of aromatic amines is 2. The number of H-pyrrole nitrogens is 2. The molecule has 0 unspecified atom stereocenters. The fourth-order valence-electron chi connectivity index (χ4n) is 3.63. The second-order valence-electron chi connectivity index (χ2n) is 7.02. The van der Waals surface area contributed by atoms with E-state index >= 15 is 0 Å². The number of nitrogens with one attached hydrogen (secondary N) is 2. The van der Waals surface area contributed by atoms with Crippen molar-refractivity contribution in [3.05, 3.63) is 88.4 Å². The van der Waals surface area contributed by atoms with Gasteiger partial charge in [0.1, 0.15) is 5.69 Å². The summed E-state index contributed by atoms with van der Waals surface area (Å²) in [6.07, 6.45) is 0.694. The molecule has 0 saturated carbocycles. The minimum Gasteiger partial charge on any atom is -0.354 e. The Bertz CT molecular complexity index is 1360. The first kappa shape index (κ1) is 17.6. The zero-order chi connectivity index (χ0) is 19.8. The molecule has 0 atom stereocenters. The monoisotopic (exact) mass is 398 g/mol. The zero-order valence-corrected chi connectivity index (χ0v) is 16.6. The lowest BCUT2D eigenvalue weighted by atomic mass is 10.0. The fourth-order valence-corrected chi connectivity index (χ4v) is 3.77. The van der Waals surface area contributed by atoms with Gasteiger partial charge in [0.2, 0.25) is 0 Å². The quantitative estimate of drug-likeness (QED) is 0.373. The maximum Gasteiger partial charge on any atom is 0.314 e. The molecule has 0 aliphatic carbocycles. The van der Waals surface area contributed by atoms with Gasteiger partial charge in [0, 0.05) is 23.0 Å². The zero-order valence-electron chi connectivity index (χ0n) is 15.8. The van der Waals surface area contributed by atoms with Crippen LogP contribution in [-0.2, 0) is 6.42 Å². The molecule has 0 aliphatic heterocycles. The van der Waals surface area contributed by atoms with Gasteiger partial charge in [-0.3, -0.25) is 0 Å². The molecule has 5 nitrogen and oxygen atoms in total. The molecule has 142 valence electrons. The molecular formula is C23H18N4OS. The van der Waals surface area contributed by atoms with E-state index in [9.17, 15) is 0 Å². The molecule has 5 rings (SSSR count). The number of hydrogen-bond donors (Lipinski definition) is 2. The average Bonchev–Trinajstić information content (AvgIpc) is 3.32. The van der Waals surface area contributed by atoms with Crippen molar-refractivity contribution in [1.82, 2.24) is 20.1 Å². The first-order chi connectivity index (χ1) is 14.2. The van der Waals surface area contributed by atoms with Gasteiger partial charge in [-0.2, -0.15) is 10.1 Å². The molecule has 0 bridgehead atoms. The molecule has 6 heteroatoms. The van der Waals surface area contributed by atoms with Gasteiger partial charge in [0.05, 0.1) is 5.69 Å². The molecule has 3 aromatic heterocycles. The van der Waals surface area contributed by atoms with E-state index in [1.54, 1.807) is 0 Å². The van der Waals surface area contributed by atoms with Crippen molar-refractivity contribution in [2.24, 2.45) is 0 Å². The Balaban J connectivity index is 1.62. The number of hydrogen-bond acceptors (Lipinski definition) is 4. The summed E-state index contributed by atoms with van der Waals surface area (Å²) < 4.78 is 5.04. The Morgan fingerprint density at radius 1 is 0.966 bits per heavy atom. The van der Waals surface area contributed by atoms with Crippen LogP contribution in [0.15, 0.2) is 71.3 Å². The van der Waals surface area contributed by atoms with Gasteiger partial charge in [-0.15, -0.1) is 0 Å². The van der Waals surface area contributed by atoms with E-state index in [1.165, 1.54) is 16.5 Å². The van der Waals surface area contributed by atoms with Crippen LogP contribution in [0.25, 0.3) is 33.7 Å². The predicted octanol–water partition coefficient (Wildman–Crippen LogP) is 5.84. The van der Waals surface area contributed by atoms with Crippen molar-refractivity contribution < 1.29 is 4.52 Å². The molecule has 0 aliphatic rings. The van der Waals surface area contributed by atoms with Crippen molar-refractivity contribution >= 4 is 23.1 Å². The molecule has 0 spiro atoms. The summed E-state index contributed by atoms with van der Waals surface area (Å²) in [6, 6.07) is 22.8. The highest BCUT2D eigenvalue weighted by atomic mass is 32.1. The lowest BCUT2D eigenvalue weighted by molar-refractivity contribution is 0.406. The summed E-state index contributed by atoms with van der Waals surface area (Å²) in [7, 11) is 0. The second kappa shape index (κ2) is 7.14. The van der Waals surface area contributed by atoms with Crippen LogP contribution in [-0.4, -0.2) is 20.1 Å². The van der Waals surface area contributed by atoms with E-state index in [2.05, 4.69) is 64.5 Å². The minimum absolute atomic E-state index is 0.172. The number of benzene rings is 2. The number of rotatable bonds is 4. The van der Waals surface area contributed by atoms with Crippen LogP contribution in [0.5, 0.6) is 0 Å². The average molecular weight is 398 g/mol. The molecule has 3 heterocycles. The normalized spacial score (nSPS) is 11.2. The van der Waals surface area contributed by atoms with Crippen LogP contribution in [0.4, 0.5) is 0 Å². The maximum atomic E-state index is 5.04. The van der Waals surface area contributed by atoms with Gasteiger partial charge in [-0.25, -0.2) is 4.98 Å². The Labute approximate surface area is 172 Å². The minimum atomic E-state index is 0.172. The van der Waals surface area contributed by atoms with Crippen LogP contribution in [0.1, 0.15) is 16.8 Å². The van der Waals surface area contributed by atoms with Crippen LogP contribution >= 0.6 is 12.2 Å². The van der Waals surface area contributed by atoms with Crippen LogP contribution in [0, 0.1) is 11.8 Å². The highest BCUT2D eigenvalue weighted by Gasteiger charge is 2.15. The Morgan fingerprint density at radius 3 is 2.62 bits per heavy atom. The molecule has 0 fully saturated rings. The molecule has 5 aromatic rings. The van der Waals surface area contributed by atoms with Crippen molar-refractivity contribution in [2.75, 3.05) is 0 Å². The van der Waals surface area contributed by atoms with Crippen molar-refractivity contribution in [3.8, 4) is 22.8 Å². The van der Waals surface area contributed by atoms with E-state index in [0.717, 1.165) is 22.5 Å². The largest absolute Gasteiger partial charge is 0.354 e. The van der Waals surface area contributed by atoms with E-state index in [1.807, 2.05) is 24.3 Å². The van der Waals surface area contributed by atoms with Crippen LogP contribution < -0.4 is 0 Å². The Morgan fingerprint density at radius 2 is 1.83 bits per heavy atom. The molecule has 29 heavy (non-hydrogen) atoms. The van der Waals surface area contributed by atoms with Gasteiger partial charge in [0.25, 0.3) is 0 Å². The van der Waals surface area contributed by atoms with E-state index in [-0.39, 0.29) is 4.84 Å². The van der Waals surface area contributed by atoms with Gasteiger partial charge >= 0.3 is 4.84 Å². The highest BCUT2D eigenvalue weighted by molar-refractivity contribution is 7.71. The van der Waals surface area contributed by atoms with E-state index in [4.69, 9.17) is 21.7 Å². The Hall–Kier alpha value is -3.51.